The first kappa shape index (κ1) is 14.8. The van der Waals surface area contributed by atoms with Crippen molar-refractivity contribution in [2.45, 2.75) is 77.2 Å². The van der Waals surface area contributed by atoms with E-state index in [0.717, 1.165) is 44.4 Å². The van der Waals surface area contributed by atoms with Gasteiger partial charge in [0.2, 0.25) is 5.91 Å². The van der Waals surface area contributed by atoms with Gasteiger partial charge in [0.05, 0.1) is 5.41 Å². The topological polar surface area (TPSA) is 55.1 Å². The third-order valence-corrected chi connectivity index (χ3v) is 5.28. The standard InChI is InChI=1S/C16H30N2O/c1-13-6-5-7-14(9-8-13)18-15(19)16(12-17)10-3-2-4-11-16/h13-14H,2-12,17H2,1H3,(H,18,19). The summed E-state index contributed by atoms with van der Waals surface area (Å²) in [6, 6.07) is 0.391. The summed E-state index contributed by atoms with van der Waals surface area (Å²) in [6.07, 6.45) is 11.7. The second kappa shape index (κ2) is 6.74. The maximum absolute atomic E-state index is 12.6. The van der Waals surface area contributed by atoms with Gasteiger partial charge in [0.1, 0.15) is 0 Å². The summed E-state index contributed by atoms with van der Waals surface area (Å²) in [4.78, 5) is 12.6. The molecule has 3 N–H and O–H groups in total. The highest BCUT2D eigenvalue weighted by Gasteiger charge is 2.38. The first-order chi connectivity index (χ1) is 9.16. The van der Waals surface area contributed by atoms with Crippen molar-refractivity contribution < 1.29 is 4.79 Å². The molecule has 110 valence electrons. The molecule has 0 aliphatic heterocycles. The van der Waals surface area contributed by atoms with E-state index in [0.29, 0.717) is 12.6 Å². The number of rotatable bonds is 3. The Balaban J connectivity index is 1.91. The summed E-state index contributed by atoms with van der Waals surface area (Å²) < 4.78 is 0. The number of nitrogens with one attached hydrogen (secondary N) is 1. The second-order valence-corrected chi connectivity index (χ2v) is 6.83. The largest absolute Gasteiger partial charge is 0.353 e. The highest BCUT2D eigenvalue weighted by Crippen LogP contribution is 2.36. The van der Waals surface area contributed by atoms with Crippen LogP contribution in [0.2, 0.25) is 0 Å². The van der Waals surface area contributed by atoms with Gasteiger partial charge in [-0.05, 0) is 38.0 Å². The number of carbonyl (C=O) groups excluding carboxylic acids is 1. The van der Waals surface area contributed by atoms with E-state index in [2.05, 4.69) is 12.2 Å². The van der Waals surface area contributed by atoms with E-state index in [1.54, 1.807) is 0 Å². The Kier molecular flexibility index (Phi) is 5.26. The summed E-state index contributed by atoms with van der Waals surface area (Å²) >= 11 is 0. The molecule has 0 aromatic heterocycles. The van der Waals surface area contributed by atoms with Crippen LogP contribution in [0, 0.1) is 11.3 Å². The van der Waals surface area contributed by atoms with Gasteiger partial charge in [0.25, 0.3) is 0 Å². The minimum atomic E-state index is -0.254. The number of amides is 1. The van der Waals surface area contributed by atoms with Crippen LogP contribution in [0.4, 0.5) is 0 Å². The lowest BCUT2D eigenvalue weighted by Gasteiger charge is -2.36. The van der Waals surface area contributed by atoms with Crippen molar-refractivity contribution in [1.82, 2.24) is 5.32 Å². The SMILES string of the molecule is CC1CCCC(NC(=O)C2(CN)CCCCC2)CC1. The van der Waals surface area contributed by atoms with E-state index in [4.69, 9.17) is 5.73 Å². The molecular formula is C16H30N2O. The van der Waals surface area contributed by atoms with Crippen molar-refractivity contribution in [2.75, 3.05) is 6.54 Å². The van der Waals surface area contributed by atoms with Crippen LogP contribution in [0.1, 0.15) is 71.1 Å². The average molecular weight is 266 g/mol. The van der Waals surface area contributed by atoms with Crippen LogP contribution in [0.15, 0.2) is 0 Å². The van der Waals surface area contributed by atoms with Gasteiger partial charge in [-0.3, -0.25) is 4.79 Å². The van der Waals surface area contributed by atoms with Crippen molar-refractivity contribution in [3.8, 4) is 0 Å². The fraction of sp³-hybridized carbons (Fsp3) is 0.938. The maximum atomic E-state index is 12.6. The minimum absolute atomic E-state index is 0.245. The van der Waals surface area contributed by atoms with Gasteiger partial charge in [-0.1, -0.05) is 39.0 Å². The van der Waals surface area contributed by atoms with Gasteiger partial charge in [-0.25, -0.2) is 0 Å². The van der Waals surface area contributed by atoms with Crippen LogP contribution in [-0.2, 0) is 4.79 Å². The van der Waals surface area contributed by atoms with E-state index in [1.165, 1.54) is 25.7 Å². The predicted molar refractivity (Wildman–Crippen MR) is 78.8 cm³/mol. The van der Waals surface area contributed by atoms with Crippen molar-refractivity contribution >= 4 is 5.91 Å². The Labute approximate surface area is 117 Å². The Hall–Kier alpha value is -0.570. The van der Waals surface area contributed by atoms with Gasteiger partial charge in [-0.2, -0.15) is 0 Å². The molecule has 3 nitrogen and oxygen atoms in total. The molecule has 2 aliphatic carbocycles. The van der Waals surface area contributed by atoms with Crippen molar-refractivity contribution in [1.29, 1.82) is 0 Å². The molecule has 0 saturated heterocycles. The molecule has 1 amide bonds. The number of nitrogens with two attached hydrogens (primary N) is 1. The van der Waals surface area contributed by atoms with Crippen molar-refractivity contribution in [3.63, 3.8) is 0 Å². The zero-order valence-electron chi connectivity index (χ0n) is 12.4. The first-order valence-electron chi connectivity index (χ1n) is 8.17. The molecule has 0 spiro atoms. The minimum Gasteiger partial charge on any atom is -0.353 e. The summed E-state index contributed by atoms with van der Waals surface area (Å²) in [5.74, 6) is 1.06. The Bertz CT molecular complexity index is 297. The van der Waals surface area contributed by atoms with Gasteiger partial charge in [-0.15, -0.1) is 0 Å². The van der Waals surface area contributed by atoms with Crippen LogP contribution in [-0.4, -0.2) is 18.5 Å². The van der Waals surface area contributed by atoms with Crippen molar-refractivity contribution in [2.24, 2.45) is 17.1 Å². The van der Waals surface area contributed by atoms with Gasteiger partial charge < -0.3 is 11.1 Å². The normalized spacial score (nSPS) is 31.5. The lowest BCUT2D eigenvalue weighted by Crippen LogP contribution is -2.50. The molecule has 2 rings (SSSR count). The molecular weight excluding hydrogens is 236 g/mol. The molecule has 19 heavy (non-hydrogen) atoms. The van der Waals surface area contributed by atoms with Crippen LogP contribution >= 0.6 is 0 Å². The molecule has 3 heteroatoms. The van der Waals surface area contributed by atoms with Crippen LogP contribution in [0.25, 0.3) is 0 Å². The third kappa shape index (κ3) is 3.71. The first-order valence-corrected chi connectivity index (χ1v) is 8.17. The molecule has 2 aliphatic rings. The summed E-state index contributed by atoms with van der Waals surface area (Å²) in [6.45, 7) is 2.84. The Morgan fingerprint density at radius 3 is 2.53 bits per heavy atom. The maximum Gasteiger partial charge on any atom is 0.227 e. The summed E-state index contributed by atoms with van der Waals surface area (Å²) in [5, 5.41) is 3.32. The Morgan fingerprint density at radius 2 is 1.84 bits per heavy atom. The lowest BCUT2D eigenvalue weighted by molar-refractivity contribution is -0.133. The van der Waals surface area contributed by atoms with Gasteiger partial charge in [0.15, 0.2) is 0 Å². The third-order valence-electron chi connectivity index (χ3n) is 5.28. The molecule has 2 fully saturated rings. The molecule has 0 aromatic carbocycles. The number of carbonyl (C=O) groups is 1. The van der Waals surface area contributed by atoms with Crippen LogP contribution in [0.3, 0.4) is 0 Å². The average Bonchev–Trinajstić information content (AvgIpc) is 2.64. The van der Waals surface area contributed by atoms with E-state index in [-0.39, 0.29) is 11.3 Å². The van der Waals surface area contributed by atoms with E-state index >= 15 is 0 Å². The fourth-order valence-corrected chi connectivity index (χ4v) is 3.72. The predicted octanol–water partition coefficient (Wildman–Crippen LogP) is 2.98. The highest BCUT2D eigenvalue weighted by molar-refractivity contribution is 5.83. The monoisotopic (exact) mass is 266 g/mol. The summed E-state index contributed by atoms with van der Waals surface area (Å²) in [5.41, 5.74) is 5.68. The van der Waals surface area contributed by atoms with E-state index < -0.39 is 0 Å². The number of hydrogen-bond acceptors (Lipinski definition) is 2. The van der Waals surface area contributed by atoms with Crippen LogP contribution in [0.5, 0.6) is 0 Å². The quantitative estimate of drug-likeness (QED) is 0.772. The molecule has 0 radical (unpaired) electrons. The fourth-order valence-electron chi connectivity index (χ4n) is 3.72. The molecule has 0 bridgehead atoms. The number of hydrogen-bond donors (Lipinski definition) is 2. The molecule has 0 aromatic rings. The molecule has 2 atom stereocenters. The highest BCUT2D eigenvalue weighted by atomic mass is 16.2. The summed E-state index contributed by atoms with van der Waals surface area (Å²) in [7, 11) is 0. The van der Waals surface area contributed by atoms with Crippen molar-refractivity contribution in [3.05, 3.63) is 0 Å². The van der Waals surface area contributed by atoms with Crippen LogP contribution < -0.4 is 11.1 Å². The zero-order valence-corrected chi connectivity index (χ0v) is 12.4. The van der Waals surface area contributed by atoms with E-state index in [1.807, 2.05) is 0 Å². The molecule has 0 heterocycles. The molecule has 2 unspecified atom stereocenters. The van der Waals surface area contributed by atoms with E-state index in [9.17, 15) is 4.79 Å². The second-order valence-electron chi connectivity index (χ2n) is 6.83. The molecule has 2 saturated carbocycles. The smallest absolute Gasteiger partial charge is 0.227 e. The van der Waals surface area contributed by atoms with Gasteiger partial charge >= 0.3 is 0 Å². The van der Waals surface area contributed by atoms with Gasteiger partial charge in [0, 0.05) is 12.6 Å². The Morgan fingerprint density at radius 1 is 1.11 bits per heavy atom. The zero-order chi connectivity index (χ0) is 13.7. The lowest BCUT2D eigenvalue weighted by atomic mass is 9.73.